The number of carboxylic acids is 1. The van der Waals surface area contributed by atoms with E-state index in [0.717, 1.165) is 38.5 Å². The van der Waals surface area contributed by atoms with Gasteiger partial charge < -0.3 is 9.84 Å². The van der Waals surface area contributed by atoms with Crippen molar-refractivity contribution in [2.75, 3.05) is 0 Å². The zero-order valence-electron chi connectivity index (χ0n) is 24.6. The Morgan fingerprint density at radius 2 is 1.41 bits per heavy atom. The Bertz CT molecular complexity index is 996. The van der Waals surface area contributed by atoms with E-state index >= 15 is 0 Å². The molecule has 0 bridgehead atoms. The number of hydrogen-bond donors (Lipinski definition) is 1. The molecule has 1 N–H and O–H groups in total. The van der Waals surface area contributed by atoms with Gasteiger partial charge in [-0.05, 0) is 128 Å². The second kappa shape index (κ2) is 7.78. The summed E-state index contributed by atoms with van der Waals surface area (Å²) < 4.78 is 5.90. The minimum atomic E-state index is -0.486. The van der Waals surface area contributed by atoms with E-state index in [9.17, 15) is 14.7 Å². The summed E-state index contributed by atoms with van der Waals surface area (Å²) in [5.74, 6) is 2.08. The number of fused-ring (bicyclic) bond motifs is 7. The Morgan fingerprint density at radius 1 is 0.703 bits per heavy atom. The van der Waals surface area contributed by atoms with Crippen molar-refractivity contribution >= 4 is 11.9 Å². The minimum absolute atomic E-state index is 0.0140. The van der Waals surface area contributed by atoms with E-state index in [0.29, 0.717) is 35.0 Å². The van der Waals surface area contributed by atoms with Crippen molar-refractivity contribution in [2.24, 2.45) is 62.1 Å². The van der Waals surface area contributed by atoms with Gasteiger partial charge in [0.2, 0.25) is 0 Å². The average Bonchev–Trinajstić information content (AvgIpc) is 3.41. The summed E-state index contributed by atoms with van der Waals surface area (Å²) in [7, 11) is 0. The molecule has 0 aromatic heterocycles. The molecular formula is C33H52O4. The second-order valence-corrected chi connectivity index (χ2v) is 16.4. The first kappa shape index (κ1) is 26.2. The molecule has 6 aliphatic rings. The maximum atomic E-state index is 13.0. The number of aliphatic carboxylic acids is 1. The van der Waals surface area contributed by atoms with Crippen LogP contribution in [0.5, 0.6) is 0 Å². The van der Waals surface area contributed by atoms with E-state index in [1.807, 2.05) is 0 Å². The second-order valence-electron chi connectivity index (χ2n) is 16.4. The van der Waals surface area contributed by atoms with Crippen LogP contribution in [0.1, 0.15) is 126 Å². The van der Waals surface area contributed by atoms with Crippen LogP contribution in [0.3, 0.4) is 0 Å². The third kappa shape index (κ3) is 3.19. The summed E-state index contributed by atoms with van der Waals surface area (Å²) in [6.07, 6.45) is 13.6. The van der Waals surface area contributed by atoms with Crippen molar-refractivity contribution in [3.05, 3.63) is 0 Å². The smallest absolute Gasteiger partial charge is 0.309 e. The predicted molar refractivity (Wildman–Crippen MR) is 145 cm³/mol. The molecule has 0 heterocycles. The number of esters is 1. The van der Waals surface area contributed by atoms with Gasteiger partial charge in [-0.25, -0.2) is 0 Å². The van der Waals surface area contributed by atoms with E-state index in [4.69, 9.17) is 4.74 Å². The van der Waals surface area contributed by atoms with Gasteiger partial charge in [0.15, 0.2) is 0 Å². The molecule has 6 saturated carbocycles. The highest BCUT2D eigenvalue weighted by Gasteiger charge is 2.73. The summed E-state index contributed by atoms with van der Waals surface area (Å²) in [6, 6.07) is 0. The summed E-state index contributed by atoms with van der Waals surface area (Å²) in [6.45, 7) is 16.6. The molecule has 0 aliphatic heterocycles. The minimum Gasteiger partial charge on any atom is -0.481 e. The zero-order chi connectivity index (χ0) is 26.8. The number of carbonyl (C=O) groups is 2. The van der Waals surface area contributed by atoms with Crippen molar-refractivity contribution < 1.29 is 19.4 Å². The fraction of sp³-hybridized carbons (Fsp3) is 0.939. The Labute approximate surface area is 225 Å². The molecule has 6 fully saturated rings. The molecule has 4 heteroatoms. The Hall–Kier alpha value is -1.06. The Kier molecular flexibility index (Phi) is 5.50. The monoisotopic (exact) mass is 512 g/mol. The fourth-order valence-electron chi connectivity index (χ4n) is 12.7. The topological polar surface area (TPSA) is 63.6 Å². The molecule has 0 aromatic rings. The van der Waals surface area contributed by atoms with Crippen LogP contribution in [0.4, 0.5) is 0 Å². The first-order chi connectivity index (χ1) is 17.2. The van der Waals surface area contributed by atoms with Crippen LogP contribution in [0.25, 0.3) is 0 Å². The lowest BCUT2D eigenvalue weighted by atomic mass is 9.32. The zero-order valence-corrected chi connectivity index (χ0v) is 24.6. The maximum absolute atomic E-state index is 13.0. The van der Waals surface area contributed by atoms with Crippen LogP contribution in [0.15, 0.2) is 0 Å². The van der Waals surface area contributed by atoms with E-state index in [1.165, 1.54) is 38.5 Å². The van der Waals surface area contributed by atoms with Gasteiger partial charge in [-0.3, -0.25) is 9.59 Å². The lowest BCUT2D eigenvalue weighted by Gasteiger charge is -2.72. The first-order valence-corrected chi connectivity index (χ1v) is 15.6. The number of ether oxygens (including phenoxy) is 1. The van der Waals surface area contributed by atoms with Gasteiger partial charge in [0.25, 0.3) is 0 Å². The summed E-state index contributed by atoms with van der Waals surface area (Å²) >= 11 is 0. The quantitative estimate of drug-likeness (QED) is 0.391. The van der Waals surface area contributed by atoms with Gasteiger partial charge in [0.1, 0.15) is 6.10 Å². The van der Waals surface area contributed by atoms with Crippen LogP contribution in [0, 0.1) is 62.1 Å². The van der Waals surface area contributed by atoms with Crippen LogP contribution in [-0.2, 0) is 14.3 Å². The normalized spacial score (nSPS) is 53.2. The number of carboxylic acid groups (broad SMARTS) is 1. The molecule has 37 heavy (non-hydrogen) atoms. The van der Waals surface area contributed by atoms with Gasteiger partial charge in [0.05, 0.1) is 5.41 Å². The third-order valence-electron chi connectivity index (χ3n) is 15.0. The summed E-state index contributed by atoms with van der Waals surface area (Å²) in [4.78, 5) is 24.9. The maximum Gasteiger partial charge on any atom is 0.309 e. The molecule has 6 rings (SSSR count). The number of carbonyl (C=O) groups excluding carboxylic acids is 1. The van der Waals surface area contributed by atoms with E-state index in [-0.39, 0.29) is 33.7 Å². The number of rotatable bonds is 3. The lowest BCUT2D eigenvalue weighted by molar-refractivity contribution is -0.252. The first-order valence-electron chi connectivity index (χ1n) is 15.6. The third-order valence-corrected chi connectivity index (χ3v) is 15.0. The van der Waals surface area contributed by atoms with Crippen molar-refractivity contribution in [3.8, 4) is 0 Å². The summed E-state index contributed by atoms with van der Waals surface area (Å²) in [5, 5.41) is 10.7. The van der Waals surface area contributed by atoms with Crippen LogP contribution in [0.2, 0.25) is 0 Å². The van der Waals surface area contributed by atoms with Gasteiger partial charge in [-0.15, -0.1) is 0 Å². The molecule has 10 unspecified atom stereocenters. The molecule has 0 saturated heterocycles. The molecule has 10 atom stereocenters. The van der Waals surface area contributed by atoms with Crippen LogP contribution >= 0.6 is 0 Å². The molecule has 0 aromatic carbocycles. The van der Waals surface area contributed by atoms with Gasteiger partial charge in [-0.2, -0.15) is 0 Å². The van der Waals surface area contributed by atoms with E-state index in [2.05, 4.69) is 41.5 Å². The summed E-state index contributed by atoms with van der Waals surface area (Å²) in [5.41, 5.74) is 0.599. The Balaban J connectivity index is 1.37. The fourth-order valence-corrected chi connectivity index (χ4v) is 12.7. The van der Waals surface area contributed by atoms with Crippen LogP contribution in [-0.4, -0.2) is 23.1 Å². The molecular weight excluding hydrogens is 460 g/mol. The molecule has 0 radical (unpaired) electrons. The lowest BCUT2D eigenvalue weighted by Crippen LogP contribution is -2.67. The Morgan fingerprint density at radius 3 is 2.03 bits per heavy atom. The molecule has 0 amide bonds. The molecule has 208 valence electrons. The SMILES string of the molecule is CC(=O)OC1CCC2(C)C(CCC3(C)C2CCC2C4C(C5(C)CC5)CCC4(C(=O)O)CCC23C)C1(C)C. The van der Waals surface area contributed by atoms with Crippen LogP contribution < -0.4 is 0 Å². The molecule has 4 nitrogen and oxygen atoms in total. The van der Waals surface area contributed by atoms with E-state index < -0.39 is 11.4 Å². The highest BCUT2D eigenvalue weighted by atomic mass is 16.5. The highest BCUT2D eigenvalue weighted by Crippen LogP contribution is 2.79. The molecule has 0 spiro atoms. The van der Waals surface area contributed by atoms with Crippen molar-refractivity contribution in [1.82, 2.24) is 0 Å². The van der Waals surface area contributed by atoms with Crippen molar-refractivity contribution in [1.29, 1.82) is 0 Å². The highest BCUT2D eigenvalue weighted by molar-refractivity contribution is 5.76. The van der Waals surface area contributed by atoms with Gasteiger partial charge in [-0.1, -0.05) is 41.5 Å². The van der Waals surface area contributed by atoms with Gasteiger partial charge in [0, 0.05) is 12.3 Å². The predicted octanol–water partition coefficient (Wildman–Crippen LogP) is 7.88. The van der Waals surface area contributed by atoms with E-state index in [1.54, 1.807) is 6.92 Å². The van der Waals surface area contributed by atoms with Crippen molar-refractivity contribution in [3.63, 3.8) is 0 Å². The number of hydrogen-bond acceptors (Lipinski definition) is 3. The van der Waals surface area contributed by atoms with Gasteiger partial charge >= 0.3 is 11.9 Å². The largest absolute Gasteiger partial charge is 0.481 e. The standard InChI is InChI=1S/C33H52O4/c1-20(34)37-25-12-13-30(5)23(28(25,2)3)11-14-32(7)24(30)9-8-22-26-21(29(4)16-17-29)10-15-33(26,27(35)36)19-18-31(22,32)6/h21-26H,8-19H2,1-7H3,(H,35,36). The molecule has 6 aliphatic carbocycles. The average molecular weight is 513 g/mol. The van der Waals surface area contributed by atoms with Crippen molar-refractivity contribution in [2.45, 2.75) is 132 Å².